The zero-order valence-electron chi connectivity index (χ0n) is 20.8. The van der Waals surface area contributed by atoms with Crippen LogP contribution in [0.25, 0.3) is 0 Å². The number of rotatable bonds is 10. The van der Waals surface area contributed by atoms with E-state index in [9.17, 15) is 18.0 Å². The van der Waals surface area contributed by atoms with Crippen LogP contribution in [0.4, 0.5) is 11.4 Å². The summed E-state index contributed by atoms with van der Waals surface area (Å²) in [5, 5.41) is 3.25. The van der Waals surface area contributed by atoms with Crippen molar-refractivity contribution in [2.24, 2.45) is 0 Å². The fourth-order valence-electron chi connectivity index (χ4n) is 3.50. The molecule has 0 heterocycles. The molecule has 9 nitrogen and oxygen atoms in total. The Kier molecular flexibility index (Phi) is 9.01. The molecule has 0 fully saturated rings. The minimum absolute atomic E-state index is 0.0338. The number of carbonyl (C=O) groups excluding carboxylic acids is 2. The molecular weight excluding hydrogens is 520 g/mol. The number of nitrogens with zero attached hydrogens (tertiary/aromatic N) is 1. The van der Waals surface area contributed by atoms with E-state index in [0.29, 0.717) is 21.8 Å². The van der Waals surface area contributed by atoms with Crippen molar-refractivity contribution < 1.29 is 32.2 Å². The number of methoxy groups -OCH3 is 2. The number of ether oxygens (including phenoxy) is 3. The van der Waals surface area contributed by atoms with Crippen molar-refractivity contribution in [2.45, 2.75) is 13.5 Å². The summed E-state index contributed by atoms with van der Waals surface area (Å²) in [7, 11) is -1.02. The average molecular weight is 547 g/mol. The topological polar surface area (TPSA) is 111 Å². The number of anilines is 2. The zero-order valence-corrected chi connectivity index (χ0v) is 22.4. The summed E-state index contributed by atoms with van der Waals surface area (Å²) in [4.78, 5) is 25.3. The van der Waals surface area contributed by atoms with Crippen LogP contribution in [0.1, 0.15) is 33.2 Å². The van der Waals surface area contributed by atoms with Crippen molar-refractivity contribution in [3.8, 4) is 11.5 Å². The molecule has 3 rings (SSSR count). The van der Waals surface area contributed by atoms with Gasteiger partial charge in [0.1, 0.15) is 0 Å². The molecular formula is C26H27ClN2O7S. The summed E-state index contributed by atoms with van der Waals surface area (Å²) >= 11 is 5.97. The standard InChI is InChI=1S/C26H27ClN2O7S/c1-5-36-26(31)18-8-12-20(13-9-18)28-25(30)21-14-23(34-2)24(35-3)15-22(21)29(37(4,32)33)16-17-6-10-19(27)11-7-17/h6-15H,5,16H2,1-4H3,(H,28,30). The minimum atomic E-state index is -3.85. The summed E-state index contributed by atoms with van der Waals surface area (Å²) < 4.78 is 42.6. The SMILES string of the molecule is CCOC(=O)c1ccc(NC(=O)c2cc(OC)c(OC)cc2N(Cc2ccc(Cl)cc2)S(C)(=O)=O)cc1. The lowest BCUT2D eigenvalue weighted by Gasteiger charge is -2.26. The second-order valence-corrected chi connectivity index (χ2v) is 10.2. The molecule has 3 aromatic rings. The van der Waals surface area contributed by atoms with Crippen LogP contribution in [0.5, 0.6) is 11.5 Å². The molecule has 0 radical (unpaired) electrons. The van der Waals surface area contributed by atoms with Crippen LogP contribution in [0, 0.1) is 0 Å². The molecule has 11 heteroatoms. The van der Waals surface area contributed by atoms with Crippen LogP contribution >= 0.6 is 11.6 Å². The van der Waals surface area contributed by atoms with Gasteiger partial charge < -0.3 is 19.5 Å². The highest BCUT2D eigenvalue weighted by molar-refractivity contribution is 7.92. The number of benzene rings is 3. The second kappa shape index (κ2) is 12.0. The molecule has 0 aliphatic heterocycles. The molecule has 0 saturated heterocycles. The first-order valence-electron chi connectivity index (χ1n) is 11.1. The van der Waals surface area contributed by atoms with E-state index in [1.54, 1.807) is 43.3 Å². The lowest BCUT2D eigenvalue weighted by Crippen LogP contribution is -2.31. The number of nitrogens with one attached hydrogen (secondary N) is 1. The molecule has 3 aromatic carbocycles. The van der Waals surface area contributed by atoms with E-state index >= 15 is 0 Å². The third-order valence-corrected chi connectivity index (χ3v) is 6.69. The Morgan fingerprint density at radius 3 is 2.08 bits per heavy atom. The number of sulfonamides is 1. The Hall–Kier alpha value is -3.76. The van der Waals surface area contributed by atoms with Gasteiger partial charge in [0.15, 0.2) is 11.5 Å². The number of hydrogen-bond acceptors (Lipinski definition) is 7. The van der Waals surface area contributed by atoms with E-state index in [4.69, 9.17) is 25.8 Å². The van der Waals surface area contributed by atoms with Crippen molar-refractivity contribution in [2.75, 3.05) is 36.7 Å². The average Bonchev–Trinajstić information content (AvgIpc) is 2.87. The number of amides is 1. The predicted octanol–water partition coefficient (Wildman–Crippen LogP) is 4.75. The maximum absolute atomic E-state index is 13.4. The van der Waals surface area contributed by atoms with Gasteiger partial charge in [-0.15, -0.1) is 0 Å². The van der Waals surface area contributed by atoms with Gasteiger partial charge >= 0.3 is 5.97 Å². The number of halogens is 1. The lowest BCUT2D eigenvalue weighted by molar-refractivity contribution is 0.0526. The molecule has 0 bridgehead atoms. The highest BCUT2D eigenvalue weighted by Crippen LogP contribution is 2.37. The molecule has 1 N–H and O–H groups in total. The summed E-state index contributed by atoms with van der Waals surface area (Å²) in [6.45, 7) is 1.90. The van der Waals surface area contributed by atoms with Gasteiger partial charge in [0, 0.05) is 16.8 Å². The Bertz CT molecular complexity index is 1380. The Morgan fingerprint density at radius 2 is 1.54 bits per heavy atom. The zero-order chi connectivity index (χ0) is 27.2. The van der Waals surface area contributed by atoms with E-state index in [0.717, 1.165) is 10.6 Å². The third kappa shape index (κ3) is 6.93. The smallest absolute Gasteiger partial charge is 0.338 e. The van der Waals surface area contributed by atoms with Gasteiger partial charge in [0.2, 0.25) is 10.0 Å². The van der Waals surface area contributed by atoms with Crippen molar-refractivity contribution in [3.05, 3.63) is 82.4 Å². The summed E-state index contributed by atoms with van der Waals surface area (Å²) in [6.07, 6.45) is 1.05. The van der Waals surface area contributed by atoms with Crippen LogP contribution in [0.2, 0.25) is 5.02 Å². The normalized spacial score (nSPS) is 10.9. The molecule has 196 valence electrons. The van der Waals surface area contributed by atoms with E-state index in [2.05, 4.69) is 5.32 Å². The van der Waals surface area contributed by atoms with Crippen molar-refractivity contribution in [1.82, 2.24) is 0 Å². The van der Waals surface area contributed by atoms with E-state index in [-0.39, 0.29) is 35.9 Å². The van der Waals surface area contributed by atoms with E-state index in [1.807, 2.05) is 0 Å². The summed E-state index contributed by atoms with van der Waals surface area (Å²) in [6, 6.07) is 15.7. The maximum Gasteiger partial charge on any atom is 0.338 e. The third-order valence-electron chi connectivity index (χ3n) is 5.31. The monoisotopic (exact) mass is 546 g/mol. The fourth-order valence-corrected chi connectivity index (χ4v) is 4.51. The lowest BCUT2D eigenvalue weighted by atomic mass is 10.1. The van der Waals surface area contributed by atoms with Crippen LogP contribution < -0.4 is 19.1 Å². The Balaban J connectivity index is 2.04. The van der Waals surface area contributed by atoms with Gasteiger partial charge in [0.05, 0.1) is 50.4 Å². The molecule has 37 heavy (non-hydrogen) atoms. The molecule has 0 unspecified atom stereocenters. The van der Waals surface area contributed by atoms with Crippen LogP contribution in [-0.4, -0.2) is 47.4 Å². The molecule has 1 amide bonds. The first-order valence-corrected chi connectivity index (χ1v) is 13.4. The quantitative estimate of drug-likeness (QED) is 0.365. The van der Waals surface area contributed by atoms with Gasteiger partial charge in [-0.2, -0.15) is 0 Å². The molecule has 0 aliphatic rings. The van der Waals surface area contributed by atoms with Crippen LogP contribution in [-0.2, 0) is 21.3 Å². The highest BCUT2D eigenvalue weighted by Gasteiger charge is 2.27. The summed E-state index contributed by atoms with van der Waals surface area (Å²) in [5.74, 6) is -0.579. The second-order valence-electron chi connectivity index (χ2n) is 7.87. The predicted molar refractivity (Wildman–Crippen MR) is 142 cm³/mol. The molecule has 0 aromatic heterocycles. The van der Waals surface area contributed by atoms with Gasteiger partial charge in [0.25, 0.3) is 5.91 Å². The molecule has 0 aliphatic carbocycles. The summed E-state index contributed by atoms with van der Waals surface area (Å²) in [5.41, 5.74) is 1.51. The molecule has 0 spiro atoms. The van der Waals surface area contributed by atoms with Gasteiger partial charge in [-0.1, -0.05) is 23.7 Å². The number of esters is 1. The van der Waals surface area contributed by atoms with Crippen molar-refractivity contribution in [3.63, 3.8) is 0 Å². The van der Waals surface area contributed by atoms with Crippen molar-refractivity contribution >= 4 is 44.9 Å². The fraction of sp³-hybridized carbons (Fsp3) is 0.231. The largest absolute Gasteiger partial charge is 0.493 e. The first-order chi connectivity index (χ1) is 17.6. The van der Waals surface area contributed by atoms with Crippen molar-refractivity contribution in [1.29, 1.82) is 0 Å². The van der Waals surface area contributed by atoms with Crippen LogP contribution in [0.15, 0.2) is 60.7 Å². The van der Waals surface area contributed by atoms with Gasteiger partial charge in [-0.05, 0) is 55.0 Å². The molecule has 0 atom stereocenters. The molecule has 0 saturated carbocycles. The Morgan fingerprint density at radius 1 is 0.946 bits per heavy atom. The number of hydrogen-bond donors (Lipinski definition) is 1. The Labute approximate surface area is 221 Å². The number of carbonyl (C=O) groups is 2. The maximum atomic E-state index is 13.4. The van der Waals surface area contributed by atoms with E-state index < -0.39 is 21.9 Å². The highest BCUT2D eigenvalue weighted by atomic mass is 35.5. The van der Waals surface area contributed by atoms with E-state index in [1.165, 1.54) is 38.5 Å². The van der Waals surface area contributed by atoms with Gasteiger partial charge in [-0.3, -0.25) is 9.10 Å². The van der Waals surface area contributed by atoms with Crippen LogP contribution in [0.3, 0.4) is 0 Å². The first kappa shape index (κ1) is 27.8. The van der Waals surface area contributed by atoms with Gasteiger partial charge in [-0.25, -0.2) is 13.2 Å². The minimum Gasteiger partial charge on any atom is -0.493 e.